The standard InChI is InChI=1S/C12H17N3O/c1-8-5-11(16-7-12(3,4)14)10(6-13)9(2)15-8/h5H,7,14H2,1-4H3. The minimum atomic E-state index is -0.419. The van der Waals surface area contributed by atoms with Gasteiger partial charge in [-0.05, 0) is 27.7 Å². The molecule has 1 heterocycles. The Hall–Kier alpha value is -1.60. The molecule has 0 radical (unpaired) electrons. The van der Waals surface area contributed by atoms with Gasteiger partial charge in [-0.25, -0.2) is 0 Å². The SMILES string of the molecule is Cc1cc(OCC(C)(C)N)c(C#N)c(C)n1. The Bertz CT molecular complexity index is 427. The van der Waals surface area contributed by atoms with E-state index in [9.17, 15) is 0 Å². The molecular weight excluding hydrogens is 202 g/mol. The van der Waals surface area contributed by atoms with Crippen molar-refractivity contribution in [3.63, 3.8) is 0 Å². The molecule has 0 bridgehead atoms. The monoisotopic (exact) mass is 219 g/mol. The molecule has 0 aliphatic heterocycles. The van der Waals surface area contributed by atoms with Crippen LogP contribution in [0, 0.1) is 25.2 Å². The van der Waals surface area contributed by atoms with Crippen LogP contribution in [0.25, 0.3) is 0 Å². The van der Waals surface area contributed by atoms with Crippen molar-refractivity contribution in [3.05, 3.63) is 23.0 Å². The fourth-order valence-electron chi connectivity index (χ4n) is 1.31. The molecule has 0 aliphatic carbocycles. The summed E-state index contributed by atoms with van der Waals surface area (Å²) < 4.78 is 5.57. The number of ether oxygens (including phenoxy) is 1. The van der Waals surface area contributed by atoms with Crippen LogP contribution in [0.5, 0.6) is 5.75 Å². The van der Waals surface area contributed by atoms with Crippen molar-refractivity contribution in [1.82, 2.24) is 4.98 Å². The molecule has 4 heteroatoms. The van der Waals surface area contributed by atoms with Gasteiger partial charge in [0.05, 0.1) is 5.69 Å². The molecule has 0 spiro atoms. The van der Waals surface area contributed by atoms with E-state index in [1.807, 2.05) is 20.8 Å². The third-order valence-electron chi connectivity index (χ3n) is 2.00. The molecule has 0 atom stereocenters. The summed E-state index contributed by atoms with van der Waals surface area (Å²) >= 11 is 0. The van der Waals surface area contributed by atoms with Crippen molar-refractivity contribution in [1.29, 1.82) is 5.26 Å². The van der Waals surface area contributed by atoms with Crippen molar-refractivity contribution in [2.75, 3.05) is 6.61 Å². The minimum absolute atomic E-state index is 0.366. The highest BCUT2D eigenvalue weighted by Crippen LogP contribution is 2.21. The molecule has 0 amide bonds. The Labute approximate surface area is 96.1 Å². The Morgan fingerprint density at radius 2 is 2.12 bits per heavy atom. The van der Waals surface area contributed by atoms with Crippen LogP contribution >= 0.6 is 0 Å². The molecule has 0 saturated heterocycles. The van der Waals surface area contributed by atoms with Crippen LogP contribution in [0.1, 0.15) is 30.8 Å². The van der Waals surface area contributed by atoms with Crippen LogP contribution in [-0.2, 0) is 0 Å². The molecule has 0 aliphatic rings. The summed E-state index contributed by atoms with van der Waals surface area (Å²) in [5.41, 5.74) is 7.41. The number of aryl methyl sites for hydroxylation is 2. The van der Waals surface area contributed by atoms with Gasteiger partial charge in [0.1, 0.15) is 24.0 Å². The summed E-state index contributed by atoms with van der Waals surface area (Å²) in [5.74, 6) is 0.561. The smallest absolute Gasteiger partial charge is 0.140 e. The van der Waals surface area contributed by atoms with Crippen LogP contribution in [-0.4, -0.2) is 17.1 Å². The topological polar surface area (TPSA) is 71.9 Å². The minimum Gasteiger partial charge on any atom is -0.490 e. The maximum Gasteiger partial charge on any atom is 0.140 e. The number of aromatic nitrogens is 1. The second-order valence-corrected chi connectivity index (χ2v) is 4.61. The molecule has 0 saturated carbocycles. The lowest BCUT2D eigenvalue weighted by Gasteiger charge is -2.20. The van der Waals surface area contributed by atoms with E-state index in [4.69, 9.17) is 15.7 Å². The quantitative estimate of drug-likeness (QED) is 0.839. The van der Waals surface area contributed by atoms with Crippen LogP contribution in [0.4, 0.5) is 0 Å². The number of rotatable bonds is 3. The molecule has 1 rings (SSSR count). The maximum atomic E-state index is 9.02. The largest absolute Gasteiger partial charge is 0.490 e. The van der Waals surface area contributed by atoms with E-state index in [2.05, 4.69) is 11.1 Å². The molecule has 4 nitrogen and oxygen atoms in total. The molecular formula is C12H17N3O. The number of hydrogen-bond acceptors (Lipinski definition) is 4. The third-order valence-corrected chi connectivity index (χ3v) is 2.00. The third kappa shape index (κ3) is 3.21. The summed E-state index contributed by atoms with van der Waals surface area (Å²) in [6, 6.07) is 3.86. The lowest BCUT2D eigenvalue weighted by Crippen LogP contribution is -2.38. The van der Waals surface area contributed by atoms with Crippen LogP contribution < -0.4 is 10.5 Å². The van der Waals surface area contributed by atoms with E-state index in [0.29, 0.717) is 23.6 Å². The van der Waals surface area contributed by atoms with E-state index >= 15 is 0 Å². The molecule has 0 unspecified atom stereocenters. The highest BCUT2D eigenvalue weighted by molar-refractivity contribution is 5.46. The zero-order valence-electron chi connectivity index (χ0n) is 10.2. The van der Waals surface area contributed by atoms with Gasteiger partial charge in [-0.3, -0.25) is 4.98 Å². The first-order valence-electron chi connectivity index (χ1n) is 5.13. The van der Waals surface area contributed by atoms with Gasteiger partial charge < -0.3 is 10.5 Å². The van der Waals surface area contributed by atoms with E-state index in [-0.39, 0.29) is 0 Å². The predicted molar refractivity (Wildman–Crippen MR) is 62.2 cm³/mol. The lowest BCUT2D eigenvalue weighted by atomic mass is 10.1. The van der Waals surface area contributed by atoms with Crippen molar-refractivity contribution in [2.45, 2.75) is 33.2 Å². The first-order chi connectivity index (χ1) is 7.33. The lowest BCUT2D eigenvalue weighted by molar-refractivity contribution is 0.242. The second-order valence-electron chi connectivity index (χ2n) is 4.61. The summed E-state index contributed by atoms with van der Waals surface area (Å²) in [6.07, 6.45) is 0. The second kappa shape index (κ2) is 4.50. The Balaban J connectivity index is 3.00. The molecule has 2 N–H and O–H groups in total. The number of nitrogens with two attached hydrogens (primary N) is 1. The first kappa shape index (κ1) is 12.5. The van der Waals surface area contributed by atoms with Crippen LogP contribution in [0.15, 0.2) is 6.07 Å². The van der Waals surface area contributed by atoms with E-state index in [1.54, 1.807) is 13.0 Å². The molecule has 16 heavy (non-hydrogen) atoms. The highest BCUT2D eigenvalue weighted by atomic mass is 16.5. The summed E-state index contributed by atoms with van der Waals surface area (Å²) in [7, 11) is 0. The highest BCUT2D eigenvalue weighted by Gasteiger charge is 2.15. The van der Waals surface area contributed by atoms with Gasteiger partial charge in [0, 0.05) is 17.3 Å². The number of nitriles is 1. The average molecular weight is 219 g/mol. The molecule has 86 valence electrons. The van der Waals surface area contributed by atoms with Gasteiger partial charge in [0.25, 0.3) is 0 Å². The number of nitrogens with zero attached hydrogens (tertiary/aromatic N) is 2. The Morgan fingerprint density at radius 3 is 2.62 bits per heavy atom. The average Bonchev–Trinajstić information content (AvgIpc) is 2.12. The fraction of sp³-hybridized carbons (Fsp3) is 0.500. The Kier molecular flexibility index (Phi) is 3.51. The van der Waals surface area contributed by atoms with Crippen molar-refractivity contribution in [2.24, 2.45) is 5.73 Å². The summed E-state index contributed by atoms with van der Waals surface area (Å²) in [5, 5.41) is 9.02. The van der Waals surface area contributed by atoms with Gasteiger partial charge in [0.2, 0.25) is 0 Å². The molecule has 0 fully saturated rings. The predicted octanol–water partition coefficient (Wildman–Crippen LogP) is 1.69. The van der Waals surface area contributed by atoms with Gasteiger partial charge >= 0.3 is 0 Å². The molecule has 1 aromatic rings. The van der Waals surface area contributed by atoms with Gasteiger partial charge in [-0.1, -0.05) is 0 Å². The zero-order valence-corrected chi connectivity index (χ0v) is 10.2. The summed E-state index contributed by atoms with van der Waals surface area (Å²) in [4.78, 5) is 4.22. The van der Waals surface area contributed by atoms with Crippen LogP contribution in [0.2, 0.25) is 0 Å². The Morgan fingerprint density at radius 1 is 1.50 bits per heavy atom. The van der Waals surface area contributed by atoms with Crippen molar-refractivity contribution < 1.29 is 4.74 Å². The maximum absolute atomic E-state index is 9.02. The molecule has 0 aromatic carbocycles. The van der Waals surface area contributed by atoms with E-state index < -0.39 is 5.54 Å². The normalized spacial score (nSPS) is 11.0. The number of hydrogen-bond donors (Lipinski definition) is 1. The van der Waals surface area contributed by atoms with Crippen molar-refractivity contribution >= 4 is 0 Å². The zero-order chi connectivity index (χ0) is 12.3. The van der Waals surface area contributed by atoms with Crippen molar-refractivity contribution in [3.8, 4) is 11.8 Å². The van der Waals surface area contributed by atoms with Gasteiger partial charge in [-0.2, -0.15) is 5.26 Å². The van der Waals surface area contributed by atoms with E-state index in [0.717, 1.165) is 5.69 Å². The first-order valence-corrected chi connectivity index (χ1v) is 5.13. The van der Waals surface area contributed by atoms with Gasteiger partial charge in [-0.15, -0.1) is 0 Å². The molecule has 1 aromatic heterocycles. The number of pyridine rings is 1. The van der Waals surface area contributed by atoms with E-state index in [1.165, 1.54) is 0 Å². The van der Waals surface area contributed by atoms with Crippen LogP contribution in [0.3, 0.4) is 0 Å². The van der Waals surface area contributed by atoms with Gasteiger partial charge in [0.15, 0.2) is 0 Å². The fourth-order valence-corrected chi connectivity index (χ4v) is 1.31. The summed E-state index contributed by atoms with van der Waals surface area (Å²) in [6.45, 7) is 7.78.